The highest BCUT2D eigenvalue weighted by Crippen LogP contribution is 2.24. The monoisotopic (exact) mass is 318 g/mol. The molecule has 1 N–H and O–H groups in total. The van der Waals surface area contributed by atoms with Crippen LogP contribution in [0, 0.1) is 5.92 Å². The average molecular weight is 318 g/mol. The molecule has 2 aliphatic heterocycles. The summed E-state index contributed by atoms with van der Waals surface area (Å²) in [7, 11) is 0. The number of fused-ring (bicyclic) bond motifs is 1. The molecular weight excluding hydrogens is 296 g/mol. The Kier molecular flexibility index (Phi) is 4.19. The Morgan fingerprint density at radius 1 is 1.35 bits per heavy atom. The normalized spacial score (nSPS) is 21.5. The molecule has 2 amide bonds. The lowest BCUT2D eigenvalue weighted by molar-refractivity contribution is -0.144. The van der Waals surface area contributed by atoms with Crippen LogP contribution in [0.2, 0.25) is 0 Å². The molecule has 3 heterocycles. The molecule has 1 atom stereocenters. The van der Waals surface area contributed by atoms with Crippen LogP contribution < -0.4 is 5.56 Å². The number of aromatic amines is 1. The van der Waals surface area contributed by atoms with Gasteiger partial charge in [0.1, 0.15) is 0 Å². The second kappa shape index (κ2) is 6.14. The minimum Gasteiger partial charge on any atom is -0.339 e. The van der Waals surface area contributed by atoms with Gasteiger partial charge in [0, 0.05) is 32.0 Å². The Morgan fingerprint density at radius 2 is 2.13 bits per heavy atom. The van der Waals surface area contributed by atoms with Crippen molar-refractivity contribution in [3.05, 3.63) is 27.9 Å². The van der Waals surface area contributed by atoms with Crippen molar-refractivity contribution in [2.75, 3.05) is 13.1 Å². The zero-order valence-corrected chi connectivity index (χ0v) is 13.5. The Hall–Kier alpha value is -2.18. The lowest BCUT2D eigenvalue weighted by atomic mass is 9.94. The van der Waals surface area contributed by atoms with Gasteiger partial charge in [-0.25, -0.2) is 4.98 Å². The first kappa shape index (κ1) is 15.7. The van der Waals surface area contributed by atoms with E-state index in [1.165, 1.54) is 6.33 Å². The summed E-state index contributed by atoms with van der Waals surface area (Å²) in [5.41, 5.74) is 1.19. The van der Waals surface area contributed by atoms with E-state index >= 15 is 0 Å². The third-order valence-electron chi connectivity index (χ3n) is 4.73. The Labute approximate surface area is 134 Å². The molecule has 1 aromatic rings. The van der Waals surface area contributed by atoms with Crippen molar-refractivity contribution >= 4 is 11.8 Å². The highest BCUT2D eigenvalue weighted by Gasteiger charge is 2.35. The first-order valence-corrected chi connectivity index (χ1v) is 8.11. The number of H-pyrrole nitrogens is 1. The molecule has 23 heavy (non-hydrogen) atoms. The van der Waals surface area contributed by atoms with Crippen LogP contribution in [-0.2, 0) is 22.6 Å². The largest absolute Gasteiger partial charge is 0.339 e. The Bertz CT molecular complexity index is 682. The number of piperidine rings is 1. The fourth-order valence-electron chi connectivity index (χ4n) is 3.37. The number of carbonyl (C=O) groups is 2. The molecule has 1 saturated heterocycles. The average Bonchev–Trinajstić information content (AvgIpc) is 2.54. The lowest BCUT2D eigenvalue weighted by Crippen LogP contribution is -2.50. The summed E-state index contributed by atoms with van der Waals surface area (Å²) in [4.78, 5) is 46.9. The van der Waals surface area contributed by atoms with Gasteiger partial charge in [-0.05, 0) is 20.3 Å². The molecule has 0 spiro atoms. The number of nitrogens with one attached hydrogen (secondary N) is 1. The van der Waals surface area contributed by atoms with Crippen LogP contribution >= 0.6 is 0 Å². The van der Waals surface area contributed by atoms with Gasteiger partial charge in [0.2, 0.25) is 11.8 Å². The zero-order chi connectivity index (χ0) is 16.6. The number of aromatic nitrogens is 2. The molecule has 0 saturated carbocycles. The van der Waals surface area contributed by atoms with Gasteiger partial charge in [-0.15, -0.1) is 0 Å². The SMILES string of the molecule is CC(C)N1CC(C(=O)N2CCc3nc[nH]c(=O)c3C2)CCC1=O. The lowest BCUT2D eigenvalue weighted by Gasteiger charge is -2.37. The van der Waals surface area contributed by atoms with Gasteiger partial charge in [0.15, 0.2) is 0 Å². The minimum atomic E-state index is -0.174. The highest BCUT2D eigenvalue weighted by atomic mass is 16.2. The fraction of sp³-hybridized carbons (Fsp3) is 0.625. The Morgan fingerprint density at radius 3 is 2.87 bits per heavy atom. The van der Waals surface area contributed by atoms with Gasteiger partial charge in [-0.3, -0.25) is 14.4 Å². The molecule has 0 bridgehead atoms. The van der Waals surface area contributed by atoms with Crippen molar-refractivity contribution in [1.29, 1.82) is 0 Å². The third kappa shape index (κ3) is 3.00. The molecule has 7 nitrogen and oxygen atoms in total. The number of amides is 2. The number of rotatable bonds is 2. The second-order valence-corrected chi connectivity index (χ2v) is 6.54. The summed E-state index contributed by atoms with van der Waals surface area (Å²) < 4.78 is 0. The van der Waals surface area contributed by atoms with Gasteiger partial charge >= 0.3 is 0 Å². The zero-order valence-electron chi connectivity index (χ0n) is 13.5. The number of nitrogens with zero attached hydrogens (tertiary/aromatic N) is 3. The van der Waals surface area contributed by atoms with Gasteiger partial charge in [-0.2, -0.15) is 0 Å². The molecule has 1 fully saturated rings. The van der Waals surface area contributed by atoms with Crippen LogP contribution in [0.1, 0.15) is 37.9 Å². The summed E-state index contributed by atoms with van der Waals surface area (Å²) in [6.45, 7) is 5.29. The smallest absolute Gasteiger partial charge is 0.255 e. The highest BCUT2D eigenvalue weighted by molar-refractivity contribution is 5.84. The molecule has 124 valence electrons. The van der Waals surface area contributed by atoms with Crippen molar-refractivity contribution in [2.45, 2.75) is 45.7 Å². The quantitative estimate of drug-likeness (QED) is 0.850. The van der Waals surface area contributed by atoms with Gasteiger partial charge in [0.25, 0.3) is 5.56 Å². The van der Waals surface area contributed by atoms with E-state index in [1.54, 1.807) is 9.80 Å². The van der Waals surface area contributed by atoms with E-state index in [-0.39, 0.29) is 29.3 Å². The van der Waals surface area contributed by atoms with Gasteiger partial charge in [-0.1, -0.05) is 0 Å². The van der Waals surface area contributed by atoms with E-state index in [1.807, 2.05) is 13.8 Å². The van der Waals surface area contributed by atoms with E-state index in [9.17, 15) is 14.4 Å². The van der Waals surface area contributed by atoms with Crippen molar-refractivity contribution in [3.8, 4) is 0 Å². The van der Waals surface area contributed by atoms with Gasteiger partial charge < -0.3 is 14.8 Å². The predicted molar refractivity (Wildman–Crippen MR) is 83.6 cm³/mol. The number of carbonyl (C=O) groups excluding carboxylic acids is 2. The van der Waals surface area contributed by atoms with Crippen LogP contribution in [-0.4, -0.2) is 50.7 Å². The minimum absolute atomic E-state index is 0.0389. The standard InChI is InChI=1S/C16H22N4O3/c1-10(2)20-7-11(3-4-14(20)21)16(23)19-6-5-13-12(8-19)15(22)18-9-17-13/h9-11H,3-8H2,1-2H3,(H,17,18,22). The topological polar surface area (TPSA) is 86.4 Å². The first-order valence-electron chi connectivity index (χ1n) is 8.11. The van der Waals surface area contributed by atoms with Gasteiger partial charge in [0.05, 0.1) is 30.0 Å². The fourth-order valence-corrected chi connectivity index (χ4v) is 3.37. The predicted octanol–water partition coefficient (Wildman–Crippen LogP) is 0.302. The number of hydrogen-bond acceptors (Lipinski definition) is 4. The molecule has 1 aromatic heterocycles. The van der Waals surface area contributed by atoms with Crippen molar-refractivity contribution in [1.82, 2.24) is 19.8 Å². The maximum atomic E-state index is 12.8. The van der Waals surface area contributed by atoms with E-state index < -0.39 is 0 Å². The second-order valence-electron chi connectivity index (χ2n) is 6.54. The van der Waals surface area contributed by atoms with Crippen LogP contribution in [0.4, 0.5) is 0 Å². The summed E-state index contributed by atoms with van der Waals surface area (Å²) in [6, 6.07) is 0.104. The van der Waals surface area contributed by atoms with Crippen molar-refractivity contribution < 1.29 is 9.59 Å². The molecule has 0 aliphatic carbocycles. The summed E-state index contributed by atoms with van der Waals surface area (Å²) in [5, 5.41) is 0. The molecule has 3 rings (SSSR count). The van der Waals surface area contributed by atoms with E-state index in [4.69, 9.17) is 0 Å². The maximum absolute atomic E-state index is 12.8. The van der Waals surface area contributed by atoms with Crippen LogP contribution in [0.3, 0.4) is 0 Å². The van der Waals surface area contributed by atoms with E-state index in [2.05, 4.69) is 9.97 Å². The summed E-state index contributed by atoms with van der Waals surface area (Å²) in [6.07, 6.45) is 3.02. The molecule has 1 unspecified atom stereocenters. The third-order valence-corrected chi connectivity index (χ3v) is 4.73. The molecule has 0 aromatic carbocycles. The van der Waals surface area contributed by atoms with Crippen LogP contribution in [0.25, 0.3) is 0 Å². The van der Waals surface area contributed by atoms with Crippen LogP contribution in [0.15, 0.2) is 11.1 Å². The maximum Gasteiger partial charge on any atom is 0.255 e. The molecule has 7 heteroatoms. The Balaban J connectivity index is 1.73. The molecule has 0 radical (unpaired) electrons. The number of hydrogen-bond donors (Lipinski definition) is 1. The first-order chi connectivity index (χ1) is 11.0. The summed E-state index contributed by atoms with van der Waals surface area (Å²) in [5.74, 6) is -0.0156. The van der Waals surface area contributed by atoms with E-state index in [0.717, 1.165) is 5.69 Å². The van der Waals surface area contributed by atoms with Crippen molar-refractivity contribution in [2.24, 2.45) is 5.92 Å². The number of likely N-dealkylation sites (tertiary alicyclic amines) is 1. The molecule has 2 aliphatic rings. The van der Waals surface area contributed by atoms with Crippen molar-refractivity contribution in [3.63, 3.8) is 0 Å². The summed E-state index contributed by atoms with van der Waals surface area (Å²) >= 11 is 0. The van der Waals surface area contributed by atoms with Crippen LogP contribution in [0.5, 0.6) is 0 Å². The van der Waals surface area contributed by atoms with E-state index in [0.29, 0.717) is 44.5 Å². The molecular formula is C16H22N4O3.